The highest BCUT2D eigenvalue weighted by atomic mass is 32.1. The zero-order valence-electron chi connectivity index (χ0n) is 19.3. The molecule has 5 rings (SSSR count). The number of pyridine rings is 1. The molecule has 2 aromatic carbocycles. The minimum Gasteiger partial charge on any atom is -0.379 e. The average Bonchev–Trinajstić information content (AvgIpc) is 3.31. The van der Waals surface area contributed by atoms with Gasteiger partial charge in [-0.05, 0) is 43.5 Å². The number of para-hydroxylation sites is 1. The fourth-order valence-electron chi connectivity index (χ4n) is 4.09. The van der Waals surface area contributed by atoms with E-state index in [1.54, 1.807) is 6.07 Å². The van der Waals surface area contributed by atoms with Crippen LogP contribution in [-0.2, 0) is 4.74 Å². The molecule has 7 nitrogen and oxygen atoms in total. The number of carbonyl (C=O) groups excluding carboxylic acids is 2. The number of anilines is 3. The largest absolute Gasteiger partial charge is 0.379 e. The first-order valence-electron chi connectivity index (χ1n) is 11.6. The van der Waals surface area contributed by atoms with E-state index in [1.165, 1.54) is 17.5 Å². The Morgan fingerprint density at radius 2 is 1.89 bits per heavy atom. The Kier molecular flexibility index (Phi) is 6.74. The van der Waals surface area contributed by atoms with E-state index in [0.717, 1.165) is 40.8 Å². The first-order valence-corrected chi connectivity index (χ1v) is 12.5. The number of rotatable bonds is 6. The van der Waals surface area contributed by atoms with Gasteiger partial charge >= 0.3 is 0 Å². The lowest BCUT2D eigenvalue weighted by atomic mass is 10.1. The van der Waals surface area contributed by atoms with Crippen LogP contribution >= 0.6 is 11.3 Å². The summed E-state index contributed by atoms with van der Waals surface area (Å²) in [4.78, 5) is 30.7. The second kappa shape index (κ2) is 10.2. The summed E-state index contributed by atoms with van der Waals surface area (Å²) in [7, 11) is 0. The number of aromatic nitrogens is 1. The Labute approximate surface area is 207 Å². The third kappa shape index (κ3) is 5.18. The van der Waals surface area contributed by atoms with Gasteiger partial charge in [-0.1, -0.05) is 36.4 Å². The van der Waals surface area contributed by atoms with Gasteiger partial charge < -0.3 is 20.7 Å². The van der Waals surface area contributed by atoms with Gasteiger partial charge in [-0.2, -0.15) is 0 Å². The number of nitrogens with one attached hydrogen (secondary N) is 3. The molecular formula is C27H26N4O3S. The molecule has 0 aliphatic carbocycles. The molecule has 1 fully saturated rings. The number of benzene rings is 2. The Morgan fingerprint density at radius 1 is 1.06 bits per heavy atom. The van der Waals surface area contributed by atoms with Gasteiger partial charge in [0.2, 0.25) is 0 Å². The van der Waals surface area contributed by atoms with E-state index < -0.39 is 0 Å². The fraction of sp³-hybridized carbons (Fsp3) is 0.222. The van der Waals surface area contributed by atoms with Crippen LogP contribution in [0.2, 0.25) is 0 Å². The maximum absolute atomic E-state index is 13.3. The summed E-state index contributed by atoms with van der Waals surface area (Å²) in [5.41, 5.74) is 3.29. The second-order valence-corrected chi connectivity index (χ2v) is 9.46. The number of ether oxygens (including phenoxy) is 1. The molecule has 3 N–H and O–H groups in total. The van der Waals surface area contributed by atoms with Crippen molar-refractivity contribution in [1.29, 1.82) is 0 Å². The van der Waals surface area contributed by atoms with E-state index in [2.05, 4.69) is 20.9 Å². The molecule has 0 radical (unpaired) electrons. The summed E-state index contributed by atoms with van der Waals surface area (Å²) < 4.78 is 6.51. The van der Waals surface area contributed by atoms with Gasteiger partial charge in [0, 0.05) is 34.0 Å². The summed E-state index contributed by atoms with van der Waals surface area (Å²) in [5, 5.41) is 12.0. The van der Waals surface area contributed by atoms with Crippen molar-refractivity contribution in [3.8, 4) is 0 Å². The highest BCUT2D eigenvalue weighted by molar-refractivity contribution is 7.17. The molecule has 35 heavy (non-hydrogen) atoms. The van der Waals surface area contributed by atoms with Crippen LogP contribution < -0.4 is 16.0 Å². The lowest BCUT2D eigenvalue weighted by molar-refractivity contribution is 0.0624. The minimum absolute atomic E-state index is 0.0313. The van der Waals surface area contributed by atoms with Crippen LogP contribution in [0.5, 0.6) is 0 Å². The van der Waals surface area contributed by atoms with E-state index in [4.69, 9.17) is 4.74 Å². The number of fused-ring (bicyclic) bond motifs is 1. The van der Waals surface area contributed by atoms with E-state index in [-0.39, 0.29) is 17.9 Å². The third-order valence-corrected chi connectivity index (χ3v) is 6.98. The van der Waals surface area contributed by atoms with Crippen molar-refractivity contribution in [2.45, 2.75) is 25.8 Å². The molecule has 8 heteroatoms. The third-order valence-electron chi connectivity index (χ3n) is 6.02. The predicted octanol–water partition coefficient (Wildman–Crippen LogP) is 5.51. The van der Waals surface area contributed by atoms with Gasteiger partial charge in [-0.25, -0.2) is 4.98 Å². The van der Waals surface area contributed by atoms with Crippen LogP contribution in [0.25, 0.3) is 10.1 Å². The first-order chi connectivity index (χ1) is 17.1. The Balaban J connectivity index is 1.45. The number of thiophene rings is 1. The van der Waals surface area contributed by atoms with E-state index in [9.17, 15) is 9.59 Å². The van der Waals surface area contributed by atoms with Gasteiger partial charge in [0.1, 0.15) is 0 Å². The molecule has 0 spiro atoms. The predicted molar refractivity (Wildman–Crippen MR) is 140 cm³/mol. The molecule has 4 aromatic rings. The van der Waals surface area contributed by atoms with Gasteiger partial charge in [0.05, 0.1) is 29.5 Å². The highest BCUT2D eigenvalue weighted by Crippen LogP contribution is 2.30. The number of amides is 2. The van der Waals surface area contributed by atoms with Crippen molar-refractivity contribution < 1.29 is 14.3 Å². The summed E-state index contributed by atoms with van der Waals surface area (Å²) in [5.74, 6) is -0.0352. The van der Waals surface area contributed by atoms with Gasteiger partial charge in [-0.15, -0.1) is 11.3 Å². The number of aryl methyl sites for hydroxylation is 1. The number of hydrogen-bond acceptors (Lipinski definition) is 6. The summed E-state index contributed by atoms with van der Waals surface area (Å²) in [6, 6.07) is 17.2. The topological polar surface area (TPSA) is 92.3 Å². The molecule has 0 saturated carbocycles. The number of hydrogen-bond donors (Lipinski definition) is 3. The average molecular weight is 487 g/mol. The molecule has 178 valence electrons. The summed E-state index contributed by atoms with van der Waals surface area (Å²) in [6.07, 6.45) is 3.31. The molecule has 0 bridgehead atoms. The minimum atomic E-state index is -0.254. The maximum atomic E-state index is 13.3. The summed E-state index contributed by atoms with van der Waals surface area (Å²) in [6.45, 7) is 3.22. The fourth-order valence-corrected chi connectivity index (χ4v) is 5.03. The van der Waals surface area contributed by atoms with E-state index in [0.29, 0.717) is 29.2 Å². The van der Waals surface area contributed by atoms with E-state index >= 15 is 0 Å². The SMILES string of the molecule is Cc1ccccc1Nc1ncc(C(=O)N[C@H]2CCCOC2)cc1NC(=O)c1csc2ccccc12. The van der Waals surface area contributed by atoms with E-state index in [1.807, 2.05) is 60.8 Å². The second-order valence-electron chi connectivity index (χ2n) is 8.55. The number of carbonyl (C=O) groups is 2. The maximum Gasteiger partial charge on any atom is 0.257 e. The standard InChI is InChI=1S/C27H26N4O3S/c1-17-7-2-4-10-22(17)30-25-23(31-27(33)21-16-35-24-11-5-3-9-20(21)24)13-18(14-28-25)26(32)29-19-8-6-12-34-15-19/h2-5,7,9-11,13-14,16,19H,6,8,12,15H2,1H3,(H,28,30)(H,29,32)(H,31,33)/t19-/m0/s1. The highest BCUT2D eigenvalue weighted by Gasteiger charge is 2.20. The van der Waals surface area contributed by atoms with Crippen LogP contribution in [-0.4, -0.2) is 36.1 Å². The smallest absolute Gasteiger partial charge is 0.257 e. The zero-order chi connectivity index (χ0) is 24.2. The normalized spacial score (nSPS) is 15.5. The van der Waals surface area contributed by atoms with Crippen molar-refractivity contribution in [2.24, 2.45) is 0 Å². The van der Waals surface area contributed by atoms with Crippen molar-refractivity contribution in [1.82, 2.24) is 10.3 Å². The molecular weight excluding hydrogens is 460 g/mol. The molecule has 1 saturated heterocycles. The van der Waals surface area contributed by atoms with Crippen LogP contribution in [0.4, 0.5) is 17.2 Å². The Bertz CT molecular complexity index is 1380. The zero-order valence-corrected chi connectivity index (χ0v) is 20.2. The molecule has 2 amide bonds. The van der Waals surface area contributed by atoms with Crippen molar-refractivity contribution in [3.63, 3.8) is 0 Å². The van der Waals surface area contributed by atoms with Crippen molar-refractivity contribution in [2.75, 3.05) is 23.8 Å². The van der Waals surface area contributed by atoms with Gasteiger partial charge in [0.25, 0.3) is 11.8 Å². The monoisotopic (exact) mass is 486 g/mol. The molecule has 0 unspecified atom stereocenters. The molecule has 1 atom stereocenters. The van der Waals surface area contributed by atoms with Crippen LogP contribution in [0.15, 0.2) is 66.2 Å². The lowest BCUT2D eigenvalue weighted by Gasteiger charge is -2.23. The number of nitrogens with zero attached hydrogens (tertiary/aromatic N) is 1. The molecule has 1 aliphatic rings. The molecule has 1 aliphatic heterocycles. The molecule has 3 heterocycles. The Morgan fingerprint density at radius 3 is 2.71 bits per heavy atom. The van der Waals surface area contributed by atoms with Gasteiger partial charge in [-0.3, -0.25) is 9.59 Å². The van der Waals surface area contributed by atoms with Crippen molar-refractivity contribution >= 4 is 50.4 Å². The Hall–Kier alpha value is -3.75. The summed E-state index contributed by atoms with van der Waals surface area (Å²) >= 11 is 1.52. The quantitative estimate of drug-likeness (QED) is 0.334. The molecule has 2 aromatic heterocycles. The first kappa shape index (κ1) is 23.0. The van der Waals surface area contributed by atoms with Gasteiger partial charge in [0.15, 0.2) is 5.82 Å². The van der Waals surface area contributed by atoms with Crippen molar-refractivity contribution in [3.05, 3.63) is 82.9 Å². The van der Waals surface area contributed by atoms with Crippen LogP contribution in [0, 0.1) is 6.92 Å². The lowest BCUT2D eigenvalue weighted by Crippen LogP contribution is -2.40. The van der Waals surface area contributed by atoms with Crippen LogP contribution in [0.1, 0.15) is 39.1 Å². The van der Waals surface area contributed by atoms with Crippen LogP contribution in [0.3, 0.4) is 0 Å².